The Morgan fingerprint density at radius 1 is 0.643 bits per heavy atom. The number of hydrogen-bond donors (Lipinski definition) is 0. The number of likely N-dealkylation sites (tertiary alicyclic amines) is 3. The lowest BCUT2D eigenvalue weighted by Gasteiger charge is -2.32. The van der Waals surface area contributed by atoms with Crippen LogP contribution in [0.25, 0.3) is 0 Å². The summed E-state index contributed by atoms with van der Waals surface area (Å²) in [5, 5.41) is 0. The zero-order valence-corrected chi connectivity index (χ0v) is 29.7. The largest absolute Gasteiger partial charge is 0.341 e. The molecule has 12 heteroatoms. The molecule has 4 bridgehead atoms. The molecule has 4 aliphatic carbocycles. The zero-order valence-electron chi connectivity index (χ0n) is 23.4. The highest BCUT2D eigenvalue weighted by molar-refractivity contribution is 9.12. The number of amides is 5. The molecule has 3 saturated heterocycles. The molecule has 0 aromatic heterocycles. The third-order valence-electron chi connectivity index (χ3n) is 11.7. The van der Waals surface area contributed by atoms with Gasteiger partial charge in [0.05, 0.1) is 23.7 Å². The molecule has 7 aliphatic rings. The van der Waals surface area contributed by atoms with Crippen molar-refractivity contribution < 1.29 is 24.0 Å². The summed E-state index contributed by atoms with van der Waals surface area (Å²) in [6.45, 7) is 1.63. The third-order valence-corrected chi connectivity index (χ3v) is 18.1. The average Bonchev–Trinajstić information content (AvgIpc) is 3.73. The van der Waals surface area contributed by atoms with E-state index in [1.807, 2.05) is 4.90 Å². The number of nitrogens with zero attached hydrogens (tertiary/aromatic N) is 3. The SMILES string of the molecule is O=C([C@H](CCCCN1C(=O)[C@@H]2[C@H]3C[C@@H]([C@H](Br)[C@@H]3Br)[C@@H]2C1=O)N1C(=O)[C@@H]2[C@H]3C[C@@H]([C@@H](Br)[C@H]3Br)[C@H]2C1=O)N1CCCCCC1. The minimum Gasteiger partial charge on any atom is -0.341 e. The Hall–Kier alpha value is -0.330. The molecule has 4 saturated carbocycles. The fourth-order valence-corrected chi connectivity index (χ4v) is 13.5. The Morgan fingerprint density at radius 2 is 1.07 bits per heavy atom. The molecular formula is C30H37Br4N3O5. The number of hydrogen-bond acceptors (Lipinski definition) is 5. The van der Waals surface area contributed by atoms with E-state index in [2.05, 4.69) is 63.7 Å². The van der Waals surface area contributed by atoms with Gasteiger partial charge >= 0.3 is 0 Å². The molecule has 7 rings (SSSR count). The highest BCUT2D eigenvalue weighted by Gasteiger charge is 2.68. The summed E-state index contributed by atoms with van der Waals surface area (Å²) in [5.74, 6) is -1.22. The van der Waals surface area contributed by atoms with Crippen molar-refractivity contribution in [2.24, 2.45) is 47.3 Å². The molecule has 0 spiro atoms. The summed E-state index contributed by atoms with van der Waals surface area (Å²) in [7, 11) is 0. The van der Waals surface area contributed by atoms with E-state index in [0.717, 1.165) is 38.5 Å². The number of carbonyl (C=O) groups is 5. The Labute approximate surface area is 280 Å². The van der Waals surface area contributed by atoms with Gasteiger partial charge in [0.1, 0.15) is 6.04 Å². The topological polar surface area (TPSA) is 95.1 Å². The van der Waals surface area contributed by atoms with Crippen molar-refractivity contribution in [1.29, 1.82) is 0 Å². The number of imide groups is 2. The van der Waals surface area contributed by atoms with Crippen LogP contribution in [0.2, 0.25) is 0 Å². The van der Waals surface area contributed by atoms with Crippen LogP contribution in [0.1, 0.15) is 57.8 Å². The van der Waals surface area contributed by atoms with Gasteiger partial charge < -0.3 is 4.90 Å². The van der Waals surface area contributed by atoms with Crippen LogP contribution in [0.3, 0.4) is 0 Å². The molecule has 3 heterocycles. The second-order valence-electron chi connectivity index (χ2n) is 13.6. The molecule has 3 aliphatic heterocycles. The van der Waals surface area contributed by atoms with Crippen molar-refractivity contribution in [2.45, 2.75) is 83.1 Å². The Bertz CT molecular complexity index is 1130. The molecular weight excluding hydrogens is 802 g/mol. The number of alkyl halides is 4. The van der Waals surface area contributed by atoms with Crippen LogP contribution in [0.5, 0.6) is 0 Å². The van der Waals surface area contributed by atoms with E-state index < -0.39 is 6.04 Å². The Kier molecular flexibility index (Phi) is 8.29. The standard InChI is InChI=1S/C30H37Br4N3O5/c31-22-13-11-14(23(22)32)19-18(13)27(39)36(28(19)40)10-6-3-7-17(26(38)35-8-4-1-2-5-9-35)37-29(41)20-15-12-16(21(20)30(37)42)25(34)24(15)33/h13-25H,1-12H2/t13-,14-,15-,16-,17+,18-,19+,20-,21-,22-,23+,24-,25+/m1/s1. The predicted molar refractivity (Wildman–Crippen MR) is 169 cm³/mol. The molecule has 0 unspecified atom stereocenters. The quantitative estimate of drug-likeness (QED) is 0.214. The first-order valence-corrected chi connectivity index (χ1v) is 19.4. The molecule has 8 nitrogen and oxygen atoms in total. The van der Waals surface area contributed by atoms with Gasteiger partial charge in [0.2, 0.25) is 29.5 Å². The van der Waals surface area contributed by atoms with Gasteiger partial charge in [-0.3, -0.25) is 33.8 Å². The fourth-order valence-electron chi connectivity index (χ4n) is 9.78. The molecule has 230 valence electrons. The second-order valence-corrected chi connectivity index (χ2v) is 17.9. The first kappa shape index (κ1) is 30.3. The van der Waals surface area contributed by atoms with Crippen molar-refractivity contribution >= 4 is 93.3 Å². The van der Waals surface area contributed by atoms with Crippen LogP contribution in [0.4, 0.5) is 0 Å². The third kappa shape index (κ3) is 4.43. The van der Waals surface area contributed by atoms with Gasteiger partial charge in [-0.15, -0.1) is 0 Å². The lowest BCUT2D eigenvalue weighted by Crippen LogP contribution is -2.52. The van der Waals surface area contributed by atoms with Crippen LogP contribution < -0.4 is 0 Å². The van der Waals surface area contributed by atoms with Crippen LogP contribution in [-0.2, 0) is 24.0 Å². The van der Waals surface area contributed by atoms with Gasteiger partial charge in [0, 0.05) is 38.9 Å². The minimum atomic E-state index is -0.820. The molecule has 42 heavy (non-hydrogen) atoms. The summed E-state index contributed by atoms with van der Waals surface area (Å²) in [5.41, 5.74) is 0. The van der Waals surface area contributed by atoms with Crippen LogP contribution in [-0.4, -0.2) is 89.2 Å². The smallest absolute Gasteiger partial charge is 0.245 e. The van der Waals surface area contributed by atoms with Crippen LogP contribution in [0, 0.1) is 47.3 Å². The van der Waals surface area contributed by atoms with Crippen molar-refractivity contribution in [3.05, 3.63) is 0 Å². The molecule has 0 radical (unpaired) electrons. The zero-order chi connectivity index (χ0) is 29.6. The van der Waals surface area contributed by atoms with Gasteiger partial charge in [0.25, 0.3) is 0 Å². The molecule has 5 amide bonds. The molecule has 13 atom stereocenters. The molecule has 0 N–H and O–H groups in total. The number of carbonyl (C=O) groups excluding carboxylic acids is 5. The number of unbranched alkanes of at least 4 members (excludes halogenated alkanes) is 1. The summed E-state index contributed by atoms with van der Waals surface area (Å²) in [6, 6.07) is -0.820. The summed E-state index contributed by atoms with van der Waals surface area (Å²) in [4.78, 5) is 73.8. The summed E-state index contributed by atoms with van der Waals surface area (Å²) in [6.07, 6.45) is 7.23. The second kappa shape index (κ2) is 11.5. The highest BCUT2D eigenvalue weighted by Crippen LogP contribution is 2.61. The van der Waals surface area contributed by atoms with E-state index in [1.165, 1.54) is 9.80 Å². The van der Waals surface area contributed by atoms with Gasteiger partial charge in [-0.1, -0.05) is 76.6 Å². The van der Waals surface area contributed by atoms with Gasteiger partial charge in [-0.05, 0) is 68.6 Å². The Morgan fingerprint density at radius 3 is 1.52 bits per heavy atom. The van der Waals surface area contributed by atoms with E-state index in [0.29, 0.717) is 38.9 Å². The van der Waals surface area contributed by atoms with E-state index in [9.17, 15) is 24.0 Å². The lowest BCUT2D eigenvalue weighted by molar-refractivity contribution is -0.152. The van der Waals surface area contributed by atoms with E-state index in [-0.39, 0.29) is 96.2 Å². The number of fused-ring (bicyclic) bond motifs is 10. The molecule has 0 aromatic carbocycles. The van der Waals surface area contributed by atoms with E-state index in [4.69, 9.17) is 0 Å². The van der Waals surface area contributed by atoms with E-state index >= 15 is 0 Å². The molecule has 7 fully saturated rings. The van der Waals surface area contributed by atoms with E-state index in [1.54, 1.807) is 0 Å². The first-order chi connectivity index (χ1) is 20.1. The minimum absolute atomic E-state index is 0.0552. The van der Waals surface area contributed by atoms with Crippen molar-refractivity contribution in [3.63, 3.8) is 0 Å². The fraction of sp³-hybridized carbons (Fsp3) is 0.833. The number of halogens is 4. The maximum Gasteiger partial charge on any atom is 0.245 e. The number of rotatable bonds is 7. The maximum atomic E-state index is 14.0. The van der Waals surface area contributed by atoms with Gasteiger partial charge in [0.15, 0.2) is 0 Å². The highest BCUT2D eigenvalue weighted by atomic mass is 79.9. The van der Waals surface area contributed by atoms with Crippen LogP contribution in [0.15, 0.2) is 0 Å². The monoisotopic (exact) mass is 835 g/mol. The summed E-state index contributed by atoms with van der Waals surface area (Å²) < 4.78 is 0. The maximum absolute atomic E-state index is 14.0. The predicted octanol–water partition coefficient (Wildman–Crippen LogP) is 4.48. The van der Waals surface area contributed by atoms with Crippen molar-refractivity contribution in [3.8, 4) is 0 Å². The van der Waals surface area contributed by atoms with Crippen molar-refractivity contribution in [1.82, 2.24) is 14.7 Å². The van der Waals surface area contributed by atoms with Crippen LogP contribution >= 0.6 is 63.7 Å². The molecule has 0 aromatic rings. The first-order valence-electron chi connectivity index (χ1n) is 15.7. The van der Waals surface area contributed by atoms with Crippen molar-refractivity contribution in [2.75, 3.05) is 19.6 Å². The Balaban J connectivity index is 1.05. The normalized spacial score (nSPS) is 44.8. The summed E-state index contributed by atoms with van der Waals surface area (Å²) >= 11 is 15.0. The average molecular weight is 839 g/mol. The lowest BCUT2D eigenvalue weighted by atomic mass is 9.81. The van der Waals surface area contributed by atoms with Gasteiger partial charge in [-0.25, -0.2) is 0 Å². The van der Waals surface area contributed by atoms with Gasteiger partial charge in [-0.2, -0.15) is 0 Å².